The summed E-state index contributed by atoms with van der Waals surface area (Å²) in [6.45, 7) is 4.36. The van der Waals surface area contributed by atoms with Gasteiger partial charge in [-0.3, -0.25) is 4.79 Å². The number of nitrogens with zero attached hydrogens (tertiary/aromatic N) is 2. The Balaban J connectivity index is 1.92. The van der Waals surface area contributed by atoms with Gasteiger partial charge >= 0.3 is 0 Å². The fraction of sp³-hybridized carbons (Fsp3) is 0.667. The largest absolute Gasteiger partial charge is 0.338 e. The Labute approximate surface area is 127 Å². The van der Waals surface area contributed by atoms with Gasteiger partial charge in [0.1, 0.15) is 0 Å². The Bertz CT molecular complexity index is 583. The Kier molecular flexibility index (Phi) is 5.09. The molecule has 1 unspecified atom stereocenters. The zero-order valence-corrected chi connectivity index (χ0v) is 14.0. The number of aryl methyl sites for hydroxylation is 1. The van der Waals surface area contributed by atoms with Crippen LogP contribution >= 0.6 is 23.1 Å². The van der Waals surface area contributed by atoms with E-state index in [1.165, 1.54) is 23.1 Å². The van der Waals surface area contributed by atoms with Gasteiger partial charge in [-0.15, -0.1) is 11.3 Å². The SMILES string of the molecule is CCN(C(=O)CSc1nc(C)cs1)C1CCS(=O)(=O)C1. The van der Waals surface area contributed by atoms with Crippen LogP contribution in [0.25, 0.3) is 0 Å². The third-order valence-corrected chi connectivity index (χ3v) is 7.10. The van der Waals surface area contributed by atoms with Gasteiger partial charge in [0.15, 0.2) is 14.2 Å². The average molecular weight is 334 g/mol. The number of rotatable bonds is 5. The summed E-state index contributed by atoms with van der Waals surface area (Å²) in [6.07, 6.45) is 0.558. The Morgan fingerprint density at radius 2 is 2.35 bits per heavy atom. The summed E-state index contributed by atoms with van der Waals surface area (Å²) in [6, 6.07) is -0.156. The van der Waals surface area contributed by atoms with Gasteiger partial charge in [-0.05, 0) is 20.3 Å². The molecular weight excluding hydrogens is 316 g/mol. The molecule has 0 N–H and O–H groups in total. The maximum Gasteiger partial charge on any atom is 0.233 e. The fourth-order valence-electron chi connectivity index (χ4n) is 2.26. The summed E-state index contributed by atoms with van der Waals surface area (Å²) < 4.78 is 23.9. The van der Waals surface area contributed by atoms with E-state index in [0.717, 1.165) is 10.0 Å². The lowest BCUT2D eigenvalue weighted by Crippen LogP contribution is -2.41. The summed E-state index contributed by atoms with van der Waals surface area (Å²) in [5.74, 6) is 0.609. The van der Waals surface area contributed by atoms with Crippen LogP contribution in [0.5, 0.6) is 0 Å². The molecule has 0 aromatic carbocycles. The maximum absolute atomic E-state index is 12.2. The van der Waals surface area contributed by atoms with Gasteiger partial charge in [-0.1, -0.05) is 11.8 Å². The van der Waals surface area contributed by atoms with E-state index in [0.29, 0.717) is 18.7 Å². The molecule has 20 heavy (non-hydrogen) atoms. The number of carbonyl (C=O) groups excluding carboxylic acids is 1. The van der Waals surface area contributed by atoms with Crippen molar-refractivity contribution in [2.75, 3.05) is 23.8 Å². The highest BCUT2D eigenvalue weighted by Crippen LogP contribution is 2.24. The summed E-state index contributed by atoms with van der Waals surface area (Å²) in [7, 11) is -2.96. The Morgan fingerprint density at radius 1 is 1.60 bits per heavy atom. The van der Waals surface area contributed by atoms with Crippen molar-refractivity contribution in [3.05, 3.63) is 11.1 Å². The quantitative estimate of drug-likeness (QED) is 0.765. The maximum atomic E-state index is 12.2. The normalized spacial score (nSPS) is 21.0. The molecule has 8 heteroatoms. The molecule has 1 aromatic heterocycles. The van der Waals surface area contributed by atoms with Crippen LogP contribution in [-0.4, -0.2) is 54.1 Å². The summed E-state index contributed by atoms with van der Waals surface area (Å²) in [5.41, 5.74) is 0.958. The molecule has 1 fully saturated rings. The van der Waals surface area contributed by atoms with Gasteiger partial charge in [-0.2, -0.15) is 0 Å². The van der Waals surface area contributed by atoms with E-state index in [1.54, 1.807) is 4.90 Å². The van der Waals surface area contributed by atoms with Gasteiger partial charge in [0.2, 0.25) is 5.91 Å². The van der Waals surface area contributed by atoms with Crippen LogP contribution in [-0.2, 0) is 14.6 Å². The molecule has 1 atom stereocenters. The lowest BCUT2D eigenvalue weighted by Gasteiger charge is -2.26. The molecule has 2 heterocycles. The molecule has 0 radical (unpaired) electrons. The van der Waals surface area contributed by atoms with E-state index < -0.39 is 9.84 Å². The smallest absolute Gasteiger partial charge is 0.233 e. The van der Waals surface area contributed by atoms with Crippen LogP contribution in [0.4, 0.5) is 0 Å². The number of hydrogen-bond acceptors (Lipinski definition) is 6. The van der Waals surface area contributed by atoms with Crippen molar-refractivity contribution < 1.29 is 13.2 Å². The van der Waals surface area contributed by atoms with E-state index in [2.05, 4.69) is 4.98 Å². The number of hydrogen-bond donors (Lipinski definition) is 0. The molecular formula is C12H18N2O3S3. The van der Waals surface area contributed by atoms with Gasteiger partial charge in [0, 0.05) is 23.7 Å². The first-order valence-corrected chi connectivity index (χ1v) is 10.1. The van der Waals surface area contributed by atoms with Gasteiger partial charge in [0.25, 0.3) is 0 Å². The van der Waals surface area contributed by atoms with E-state index >= 15 is 0 Å². The van der Waals surface area contributed by atoms with Crippen molar-refractivity contribution in [3.8, 4) is 0 Å². The first-order valence-electron chi connectivity index (χ1n) is 6.46. The van der Waals surface area contributed by atoms with Gasteiger partial charge in [-0.25, -0.2) is 13.4 Å². The predicted octanol–water partition coefficient (Wildman–Crippen LogP) is 1.58. The van der Waals surface area contributed by atoms with Crippen molar-refractivity contribution in [2.45, 2.75) is 30.6 Å². The minimum absolute atomic E-state index is 0.00699. The van der Waals surface area contributed by atoms with Crippen LogP contribution in [0.15, 0.2) is 9.72 Å². The number of amides is 1. The van der Waals surface area contributed by atoms with Crippen LogP contribution < -0.4 is 0 Å². The first-order chi connectivity index (χ1) is 9.41. The lowest BCUT2D eigenvalue weighted by atomic mass is 10.2. The van der Waals surface area contributed by atoms with Crippen molar-refractivity contribution in [1.29, 1.82) is 0 Å². The third-order valence-electron chi connectivity index (χ3n) is 3.23. The minimum Gasteiger partial charge on any atom is -0.338 e. The number of aromatic nitrogens is 1. The third kappa shape index (κ3) is 3.95. The molecule has 2 rings (SSSR count). The Morgan fingerprint density at radius 3 is 2.85 bits per heavy atom. The molecule has 1 aliphatic rings. The molecule has 5 nitrogen and oxygen atoms in total. The summed E-state index contributed by atoms with van der Waals surface area (Å²) in [4.78, 5) is 18.2. The number of thiazole rings is 1. The van der Waals surface area contributed by atoms with Crippen molar-refractivity contribution >= 4 is 38.8 Å². The topological polar surface area (TPSA) is 67.3 Å². The molecule has 0 aliphatic carbocycles. The summed E-state index contributed by atoms with van der Waals surface area (Å²) in [5, 5.41) is 1.95. The van der Waals surface area contributed by atoms with E-state index in [-0.39, 0.29) is 23.5 Å². The van der Waals surface area contributed by atoms with Crippen molar-refractivity contribution in [1.82, 2.24) is 9.88 Å². The number of carbonyl (C=O) groups is 1. The highest BCUT2D eigenvalue weighted by atomic mass is 32.2. The molecule has 112 valence electrons. The van der Waals surface area contributed by atoms with Crippen LogP contribution in [0.1, 0.15) is 19.0 Å². The molecule has 1 aromatic rings. The first kappa shape index (κ1) is 15.8. The molecule has 1 saturated heterocycles. The van der Waals surface area contributed by atoms with E-state index in [1.807, 2.05) is 19.2 Å². The highest BCUT2D eigenvalue weighted by Gasteiger charge is 2.33. The second kappa shape index (κ2) is 6.44. The molecule has 1 amide bonds. The standard InChI is InChI=1S/C12H18N2O3S3/c1-3-14(10-4-5-20(16,17)8-10)11(15)7-19-12-13-9(2)6-18-12/h6,10H,3-5,7-8H2,1-2H3. The van der Waals surface area contributed by atoms with Crippen LogP contribution in [0, 0.1) is 6.92 Å². The number of thioether (sulfide) groups is 1. The molecule has 0 spiro atoms. The van der Waals surface area contributed by atoms with Crippen LogP contribution in [0.3, 0.4) is 0 Å². The summed E-state index contributed by atoms with van der Waals surface area (Å²) >= 11 is 2.95. The van der Waals surface area contributed by atoms with E-state index in [9.17, 15) is 13.2 Å². The molecule has 0 saturated carbocycles. The highest BCUT2D eigenvalue weighted by molar-refractivity contribution is 8.01. The fourth-order valence-corrected chi connectivity index (χ4v) is 5.73. The zero-order chi connectivity index (χ0) is 14.8. The predicted molar refractivity (Wildman–Crippen MR) is 82.0 cm³/mol. The molecule has 0 bridgehead atoms. The van der Waals surface area contributed by atoms with Crippen molar-refractivity contribution in [2.24, 2.45) is 0 Å². The Hall–Kier alpha value is -0.600. The lowest BCUT2D eigenvalue weighted by molar-refractivity contribution is -0.129. The average Bonchev–Trinajstić information content (AvgIpc) is 2.94. The van der Waals surface area contributed by atoms with E-state index in [4.69, 9.17) is 0 Å². The zero-order valence-electron chi connectivity index (χ0n) is 11.5. The van der Waals surface area contributed by atoms with Gasteiger partial charge < -0.3 is 4.90 Å². The molecule has 1 aliphatic heterocycles. The van der Waals surface area contributed by atoms with Crippen molar-refractivity contribution in [3.63, 3.8) is 0 Å². The van der Waals surface area contributed by atoms with Gasteiger partial charge in [0.05, 0.1) is 17.3 Å². The monoisotopic (exact) mass is 334 g/mol. The van der Waals surface area contributed by atoms with Crippen LogP contribution in [0.2, 0.25) is 0 Å². The number of sulfone groups is 1. The minimum atomic E-state index is -2.96. The second-order valence-corrected chi connectivity index (χ2v) is 9.09. The second-order valence-electron chi connectivity index (χ2n) is 4.78.